The van der Waals surface area contributed by atoms with Gasteiger partial charge in [0, 0.05) is 13.7 Å². The predicted octanol–water partition coefficient (Wildman–Crippen LogP) is 3.04. The minimum atomic E-state index is -4.28. The third-order valence-corrected chi connectivity index (χ3v) is 7.49. The van der Waals surface area contributed by atoms with Crippen LogP contribution in [0.3, 0.4) is 0 Å². The zero-order chi connectivity index (χ0) is 25.1. The van der Waals surface area contributed by atoms with Crippen molar-refractivity contribution < 1.29 is 41.5 Å². The fraction of sp³-hybridized carbons (Fsp3) is 0.636. The van der Waals surface area contributed by atoms with E-state index in [-0.39, 0.29) is 25.3 Å². The lowest BCUT2D eigenvalue weighted by molar-refractivity contribution is -0.202. The van der Waals surface area contributed by atoms with Gasteiger partial charge in [0.25, 0.3) is 5.92 Å². The monoisotopic (exact) mass is 504 g/mol. The molecular weight excluding hydrogens is 473 g/mol. The first-order valence-corrected chi connectivity index (χ1v) is 12.6. The van der Waals surface area contributed by atoms with Crippen molar-refractivity contribution in [1.82, 2.24) is 9.99 Å². The topological polar surface area (TPSA) is 103 Å². The molecule has 0 amide bonds. The Bertz CT molecular complexity index is 933. The Morgan fingerprint density at radius 2 is 1.91 bits per heavy atom. The maximum absolute atomic E-state index is 14.4. The molecule has 0 radical (unpaired) electrons. The number of alkyl halides is 2. The fourth-order valence-corrected chi connectivity index (χ4v) is 5.78. The second-order valence-electron chi connectivity index (χ2n) is 8.86. The van der Waals surface area contributed by atoms with E-state index in [1.165, 1.54) is 31.1 Å². The number of hydrogen-bond acceptors (Lipinski definition) is 8. The molecule has 12 heteroatoms. The molecule has 0 spiro atoms. The standard InChI is InChI=1S/C22H31F2N2O7P/c1-15(2)32-20(28)16(3)25-34(29,33-17-8-6-5-7-9-17)31-14-21(13-30-4)19(27)18-10-11-26(21)12-22(18,23)24/h5-9,15-16,18H,10-14H2,1-4H3,(H,25,29)/t16-,18+,21+,34+/m0/s1. The van der Waals surface area contributed by atoms with Crippen molar-refractivity contribution in [1.29, 1.82) is 0 Å². The van der Waals surface area contributed by atoms with Crippen LogP contribution in [0.5, 0.6) is 5.75 Å². The maximum atomic E-state index is 14.4. The van der Waals surface area contributed by atoms with Gasteiger partial charge in [-0.2, -0.15) is 5.09 Å². The molecule has 0 saturated carbocycles. The van der Waals surface area contributed by atoms with Crippen LogP contribution in [-0.2, 0) is 28.2 Å². The number of piperidine rings is 3. The van der Waals surface area contributed by atoms with Crippen LogP contribution in [-0.4, -0.2) is 73.7 Å². The van der Waals surface area contributed by atoms with Crippen molar-refractivity contribution in [3.8, 4) is 5.75 Å². The van der Waals surface area contributed by atoms with Crippen LogP contribution in [0.15, 0.2) is 30.3 Å². The molecule has 0 aliphatic carbocycles. The number of para-hydroxylation sites is 1. The molecule has 1 aromatic carbocycles. The first kappa shape index (κ1) is 26.7. The number of rotatable bonds is 11. The highest BCUT2D eigenvalue weighted by atomic mass is 31.2. The molecule has 3 heterocycles. The molecule has 3 saturated heterocycles. The predicted molar refractivity (Wildman–Crippen MR) is 119 cm³/mol. The number of fused-ring (bicyclic) bond motifs is 3. The number of esters is 1. The number of carbonyl (C=O) groups is 2. The summed E-state index contributed by atoms with van der Waals surface area (Å²) in [6.07, 6.45) is -0.381. The Hall–Kier alpha value is -1.91. The van der Waals surface area contributed by atoms with Crippen molar-refractivity contribution in [2.24, 2.45) is 5.92 Å². The number of nitrogens with one attached hydrogen (secondary N) is 1. The first-order valence-electron chi connectivity index (χ1n) is 11.1. The third kappa shape index (κ3) is 5.66. The Balaban J connectivity index is 1.85. The van der Waals surface area contributed by atoms with Gasteiger partial charge < -0.3 is 14.0 Å². The minimum absolute atomic E-state index is 0.0196. The SMILES string of the molecule is COC[C@@]1(CO[P@](=O)(N[C@@H](C)C(=O)OC(C)C)Oc2ccccc2)C(=O)[C@H]2CCN1CC2(F)F. The van der Waals surface area contributed by atoms with Crippen LogP contribution < -0.4 is 9.61 Å². The van der Waals surface area contributed by atoms with E-state index >= 15 is 0 Å². The summed E-state index contributed by atoms with van der Waals surface area (Å²) in [7, 11) is -2.94. The summed E-state index contributed by atoms with van der Waals surface area (Å²) < 4.78 is 64.1. The first-order chi connectivity index (χ1) is 15.9. The summed E-state index contributed by atoms with van der Waals surface area (Å²) in [5, 5.41) is 2.54. The number of ketones is 1. The quantitative estimate of drug-likeness (QED) is 0.360. The number of benzene rings is 1. The Morgan fingerprint density at radius 1 is 1.24 bits per heavy atom. The number of nitrogens with zero attached hydrogens (tertiary/aromatic N) is 1. The van der Waals surface area contributed by atoms with Crippen LogP contribution in [0, 0.1) is 5.92 Å². The van der Waals surface area contributed by atoms with Gasteiger partial charge in [0.1, 0.15) is 17.3 Å². The van der Waals surface area contributed by atoms with E-state index in [1.807, 2.05) is 0 Å². The number of hydrogen-bond donors (Lipinski definition) is 1. The highest BCUT2D eigenvalue weighted by Crippen LogP contribution is 2.49. The Labute approximate surface area is 197 Å². The molecule has 190 valence electrons. The molecular formula is C22H31F2N2O7P. The van der Waals surface area contributed by atoms with Gasteiger partial charge in [-0.25, -0.2) is 13.3 Å². The number of Topliss-reactive ketones (excluding diaryl/α,β-unsaturated/α-hetero) is 1. The minimum Gasteiger partial charge on any atom is -0.462 e. The van der Waals surface area contributed by atoms with E-state index in [2.05, 4.69) is 5.09 Å². The van der Waals surface area contributed by atoms with Crippen molar-refractivity contribution >= 4 is 19.5 Å². The lowest BCUT2D eigenvalue weighted by Crippen LogP contribution is -2.74. The van der Waals surface area contributed by atoms with Gasteiger partial charge in [-0.1, -0.05) is 18.2 Å². The average Bonchev–Trinajstić information content (AvgIpc) is 2.75. The van der Waals surface area contributed by atoms with Crippen LogP contribution in [0.1, 0.15) is 27.2 Å². The van der Waals surface area contributed by atoms with E-state index in [1.54, 1.807) is 32.0 Å². The van der Waals surface area contributed by atoms with Crippen LogP contribution >= 0.6 is 7.75 Å². The Morgan fingerprint density at radius 3 is 2.47 bits per heavy atom. The molecule has 5 atom stereocenters. The molecule has 34 heavy (non-hydrogen) atoms. The summed E-state index contributed by atoms with van der Waals surface area (Å²) in [6.45, 7) is 3.62. The average molecular weight is 504 g/mol. The normalized spacial score (nSPS) is 28.4. The Kier molecular flexibility index (Phi) is 8.14. The third-order valence-electron chi connectivity index (χ3n) is 5.86. The molecule has 3 fully saturated rings. The zero-order valence-corrected chi connectivity index (χ0v) is 20.6. The molecule has 2 bridgehead atoms. The van der Waals surface area contributed by atoms with E-state index < -0.39 is 62.2 Å². The number of carbonyl (C=O) groups excluding carboxylic acids is 2. The second kappa shape index (κ2) is 10.4. The number of methoxy groups -OCH3 is 1. The van der Waals surface area contributed by atoms with Crippen molar-refractivity contribution in [2.75, 3.05) is 33.4 Å². The van der Waals surface area contributed by atoms with Gasteiger partial charge in [0.2, 0.25) is 0 Å². The summed E-state index contributed by atoms with van der Waals surface area (Å²) in [5.74, 6) is -5.86. The van der Waals surface area contributed by atoms with E-state index in [0.717, 1.165) is 0 Å². The van der Waals surface area contributed by atoms with Gasteiger partial charge in [0.15, 0.2) is 5.78 Å². The zero-order valence-electron chi connectivity index (χ0n) is 19.7. The van der Waals surface area contributed by atoms with E-state index in [4.69, 9.17) is 18.5 Å². The van der Waals surface area contributed by atoms with E-state index in [9.17, 15) is 22.9 Å². The summed E-state index contributed by atoms with van der Waals surface area (Å²) in [4.78, 5) is 26.8. The summed E-state index contributed by atoms with van der Waals surface area (Å²) in [5.41, 5.74) is -1.56. The highest BCUT2D eigenvalue weighted by Gasteiger charge is 2.64. The van der Waals surface area contributed by atoms with Crippen LogP contribution in [0.2, 0.25) is 0 Å². The lowest BCUT2D eigenvalue weighted by Gasteiger charge is -2.54. The maximum Gasteiger partial charge on any atom is 0.459 e. The van der Waals surface area contributed by atoms with Gasteiger partial charge in [-0.3, -0.25) is 19.0 Å². The highest BCUT2D eigenvalue weighted by molar-refractivity contribution is 7.52. The molecule has 1 aromatic rings. The largest absolute Gasteiger partial charge is 0.462 e. The van der Waals surface area contributed by atoms with Gasteiger partial charge >= 0.3 is 13.7 Å². The molecule has 0 aromatic heterocycles. The van der Waals surface area contributed by atoms with E-state index in [0.29, 0.717) is 0 Å². The van der Waals surface area contributed by atoms with Gasteiger partial charge in [0.05, 0.1) is 31.8 Å². The summed E-state index contributed by atoms with van der Waals surface area (Å²) >= 11 is 0. The summed E-state index contributed by atoms with van der Waals surface area (Å²) in [6, 6.07) is 7.03. The molecule has 1 N–H and O–H groups in total. The molecule has 3 aliphatic rings. The van der Waals surface area contributed by atoms with Crippen LogP contribution in [0.25, 0.3) is 0 Å². The van der Waals surface area contributed by atoms with Crippen LogP contribution in [0.4, 0.5) is 8.78 Å². The molecule has 4 rings (SSSR count). The van der Waals surface area contributed by atoms with Crippen molar-refractivity contribution in [3.05, 3.63) is 30.3 Å². The van der Waals surface area contributed by atoms with Gasteiger partial charge in [-0.05, 0) is 39.3 Å². The van der Waals surface area contributed by atoms with Gasteiger partial charge in [-0.15, -0.1) is 0 Å². The molecule has 3 aliphatic heterocycles. The smallest absolute Gasteiger partial charge is 0.459 e. The second-order valence-corrected chi connectivity index (χ2v) is 10.6. The molecule has 9 nitrogen and oxygen atoms in total. The van der Waals surface area contributed by atoms with Crippen molar-refractivity contribution in [3.63, 3.8) is 0 Å². The fourth-order valence-electron chi connectivity index (χ4n) is 4.24. The number of halogens is 2. The number of ether oxygens (including phenoxy) is 2. The molecule has 1 unspecified atom stereocenters. The van der Waals surface area contributed by atoms with Crippen molar-refractivity contribution in [2.45, 2.75) is 50.8 Å². The lowest BCUT2D eigenvalue weighted by atomic mass is 9.72.